The van der Waals surface area contributed by atoms with Crippen LogP contribution in [-0.2, 0) is 13.0 Å². The quantitative estimate of drug-likeness (QED) is 0.751. The maximum atomic E-state index is 11.9. The Kier molecular flexibility index (Phi) is 3.67. The molecule has 0 aliphatic rings. The van der Waals surface area contributed by atoms with Crippen molar-refractivity contribution >= 4 is 5.82 Å². The van der Waals surface area contributed by atoms with Gasteiger partial charge in [-0.05, 0) is 12.8 Å². The molecule has 74 valence electrons. The Labute approximate surface area is 76.9 Å². The number of nitrogens with two attached hydrogens (primary N) is 1. The number of nitrogen functional groups attached to an aromatic ring is 1. The zero-order valence-corrected chi connectivity index (χ0v) is 7.83. The lowest BCUT2D eigenvalue weighted by molar-refractivity contribution is 0.425. The second-order valence-electron chi connectivity index (χ2n) is 2.94. The highest BCUT2D eigenvalue weighted by Crippen LogP contribution is 2.10. The average Bonchev–Trinajstić information content (AvgIpc) is 2.46. The molecule has 0 saturated carbocycles. The fraction of sp³-hybridized carbons (Fsp3) is 0.750. The molecule has 1 aromatic heterocycles. The number of hydrogen-bond donors (Lipinski definition) is 1. The summed E-state index contributed by atoms with van der Waals surface area (Å²) in [5, 5.41) is 7.60. The van der Waals surface area contributed by atoms with E-state index in [9.17, 15) is 4.39 Å². The van der Waals surface area contributed by atoms with Gasteiger partial charge in [-0.2, -0.15) is 0 Å². The van der Waals surface area contributed by atoms with Crippen LogP contribution < -0.4 is 5.73 Å². The highest BCUT2D eigenvalue weighted by atomic mass is 19.1. The van der Waals surface area contributed by atoms with Crippen molar-refractivity contribution in [2.45, 2.75) is 32.7 Å². The predicted octanol–water partition coefficient (Wildman–Crippen LogP) is 1.17. The van der Waals surface area contributed by atoms with E-state index >= 15 is 0 Å². The molecule has 0 aliphatic carbocycles. The number of anilines is 1. The van der Waals surface area contributed by atoms with Gasteiger partial charge >= 0.3 is 0 Å². The van der Waals surface area contributed by atoms with Gasteiger partial charge in [0.25, 0.3) is 0 Å². The van der Waals surface area contributed by atoms with Crippen molar-refractivity contribution in [1.82, 2.24) is 15.0 Å². The van der Waals surface area contributed by atoms with E-state index in [1.165, 1.54) is 0 Å². The molecule has 0 unspecified atom stereocenters. The number of aryl methyl sites for hydroxylation is 1. The summed E-state index contributed by atoms with van der Waals surface area (Å²) in [7, 11) is 0. The zero-order chi connectivity index (χ0) is 9.68. The van der Waals surface area contributed by atoms with Crippen LogP contribution in [0.5, 0.6) is 0 Å². The lowest BCUT2D eigenvalue weighted by atomic mass is 10.2. The Morgan fingerprint density at radius 3 is 2.92 bits per heavy atom. The van der Waals surface area contributed by atoms with Crippen molar-refractivity contribution in [1.29, 1.82) is 0 Å². The van der Waals surface area contributed by atoms with Crippen LogP contribution >= 0.6 is 0 Å². The van der Waals surface area contributed by atoms with Crippen LogP contribution in [0.3, 0.4) is 0 Å². The highest BCUT2D eigenvalue weighted by molar-refractivity contribution is 5.32. The fourth-order valence-electron chi connectivity index (χ4n) is 1.23. The van der Waals surface area contributed by atoms with Gasteiger partial charge in [-0.15, -0.1) is 5.10 Å². The molecule has 1 heterocycles. The normalized spacial score (nSPS) is 10.6. The van der Waals surface area contributed by atoms with Crippen LogP contribution in [0.2, 0.25) is 0 Å². The molecule has 2 N–H and O–H groups in total. The first-order valence-corrected chi connectivity index (χ1v) is 4.53. The Balaban J connectivity index is 2.68. The van der Waals surface area contributed by atoms with Gasteiger partial charge in [-0.1, -0.05) is 18.6 Å². The van der Waals surface area contributed by atoms with E-state index < -0.39 is 0 Å². The molecule has 13 heavy (non-hydrogen) atoms. The molecule has 0 saturated heterocycles. The van der Waals surface area contributed by atoms with E-state index in [0.717, 1.165) is 18.5 Å². The molecule has 5 heteroatoms. The SMILES string of the molecule is CCCc1c(N)nnn1CCCF. The first kappa shape index (κ1) is 9.95. The van der Waals surface area contributed by atoms with Crippen LogP contribution in [0.15, 0.2) is 0 Å². The minimum absolute atomic E-state index is 0.328. The summed E-state index contributed by atoms with van der Waals surface area (Å²) in [4.78, 5) is 0. The number of hydrogen-bond acceptors (Lipinski definition) is 3. The van der Waals surface area contributed by atoms with E-state index in [-0.39, 0.29) is 6.67 Å². The summed E-state index contributed by atoms with van der Waals surface area (Å²) < 4.78 is 13.6. The molecule has 0 amide bonds. The Morgan fingerprint density at radius 2 is 2.31 bits per heavy atom. The molecule has 1 aromatic rings. The van der Waals surface area contributed by atoms with Crippen LogP contribution in [-0.4, -0.2) is 21.7 Å². The van der Waals surface area contributed by atoms with E-state index in [1.807, 2.05) is 0 Å². The second kappa shape index (κ2) is 4.79. The largest absolute Gasteiger partial charge is 0.381 e. The summed E-state index contributed by atoms with van der Waals surface area (Å²) in [5.74, 6) is 0.473. The monoisotopic (exact) mass is 186 g/mol. The maximum Gasteiger partial charge on any atom is 0.169 e. The van der Waals surface area contributed by atoms with Gasteiger partial charge in [-0.25, -0.2) is 4.68 Å². The van der Waals surface area contributed by atoms with Crippen molar-refractivity contribution in [3.63, 3.8) is 0 Å². The number of halogens is 1. The third-order valence-electron chi connectivity index (χ3n) is 1.86. The number of aromatic nitrogens is 3. The second-order valence-corrected chi connectivity index (χ2v) is 2.94. The smallest absolute Gasteiger partial charge is 0.169 e. The van der Waals surface area contributed by atoms with Crippen molar-refractivity contribution in [3.05, 3.63) is 5.69 Å². The molecule has 0 aliphatic heterocycles. The molecule has 0 atom stereocenters. The highest BCUT2D eigenvalue weighted by Gasteiger charge is 2.07. The first-order chi connectivity index (χ1) is 6.29. The summed E-state index contributed by atoms with van der Waals surface area (Å²) in [5.41, 5.74) is 6.54. The Morgan fingerprint density at radius 1 is 1.54 bits per heavy atom. The van der Waals surface area contributed by atoms with Gasteiger partial charge < -0.3 is 5.73 Å². The van der Waals surface area contributed by atoms with E-state index in [4.69, 9.17) is 5.73 Å². The van der Waals surface area contributed by atoms with Gasteiger partial charge in [0.1, 0.15) is 0 Å². The van der Waals surface area contributed by atoms with Crippen LogP contribution in [0.1, 0.15) is 25.5 Å². The van der Waals surface area contributed by atoms with Crippen LogP contribution in [0.4, 0.5) is 10.2 Å². The molecule has 0 aromatic carbocycles. The van der Waals surface area contributed by atoms with Crippen molar-refractivity contribution < 1.29 is 4.39 Å². The van der Waals surface area contributed by atoms with Gasteiger partial charge in [0.15, 0.2) is 5.82 Å². The summed E-state index contributed by atoms with van der Waals surface area (Å²) in [6.07, 6.45) is 2.32. The molecule has 0 fully saturated rings. The Hall–Kier alpha value is -1.13. The van der Waals surface area contributed by atoms with Gasteiger partial charge in [0.2, 0.25) is 0 Å². The summed E-state index contributed by atoms with van der Waals surface area (Å²) >= 11 is 0. The topological polar surface area (TPSA) is 56.7 Å². The van der Waals surface area contributed by atoms with Crippen LogP contribution in [0.25, 0.3) is 0 Å². The summed E-state index contributed by atoms with van der Waals surface area (Å²) in [6.45, 7) is 2.30. The molecule has 0 radical (unpaired) electrons. The lowest BCUT2D eigenvalue weighted by Gasteiger charge is -2.03. The van der Waals surface area contributed by atoms with Crippen molar-refractivity contribution in [2.24, 2.45) is 0 Å². The average molecular weight is 186 g/mol. The van der Waals surface area contributed by atoms with E-state index in [0.29, 0.717) is 18.8 Å². The number of nitrogens with zero attached hydrogens (tertiary/aromatic N) is 3. The minimum atomic E-state index is -0.328. The third-order valence-corrected chi connectivity index (χ3v) is 1.86. The maximum absolute atomic E-state index is 11.9. The summed E-state index contributed by atoms with van der Waals surface area (Å²) in [6, 6.07) is 0. The predicted molar refractivity (Wildman–Crippen MR) is 49.0 cm³/mol. The molecule has 0 bridgehead atoms. The molecular formula is C8H15FN4. The fourth-order valence-corrected chi connectivity index (χ4v) is 1.23. The standard InChI is InChI=1S/C8H15FN4/c1-2-4-7-8(10)11-12-13(7)6-3-5-9/h2-6,10H2,1H3. The van der Waals surface area contributed by atoms with E-state index in [1.54, 1.807) is 4.68 Å². The van der Waals surface area contributed by atoms with Gasteiger partial charge in [-0.3, -0.25) is 4.39 Å². The molecule has 1 rings (SSSR count). The molecule has 4 nitrogen and oxygen atoms in total. The zero-order valence-electron chi connectivity index (χ0n) is 7.83. The number of alkyl halides is 1. The van der Waals surface area contributed by atoms with Crippen LogP contribution in [0, 0.1) is 0 Å². The van der Waals surface area contributed by atoms with Crippen molar-refractivity contribution in [2.75, 3.05) is 12.4 Å². The molecule has 0 spiro atoms. The van der Waals surface area contributed by atoms with Gasteiger partial charge in [0.05, 0.1) is 12.4 Å². The van der Waals surface area contributed by atoms with E-state index in [2.05, 4.69) is 17.2 Å². The Bertz CT molecular complexity index is 259. The third kappa shape index (κ3) is 2.40. The molecular weight excluding hydrogens is 171 g/mol. The first-order valence-electron chi connectivity index (χ1n) is 4.53. The lowest BCUT2D eigenvalue weighted by Crippen LogP contribution is -2.06. The van der Waals surface area contributed by atoms with Gasteiger partial charge in [0, 0.05) is 6.54 Å². The number of rotatable bonds is 5. The van der Waals surface area contributed by atoms with Crippen molar-refractivity contribution in [3.8, 4) is 0 Å². The minimum Gasteiger partial charge on any atom is -0.381 e.